The van der Waals surface area contributed by atoms with Crippen LogP contribution in [0.3, 0.4) is 0 Å². The number of pyridine rings is 1. The van der Waals surface area contributed by atoms with E-state index < -0.39 is 0 Å². The number of carbonyl (C=O) groups is 1. The summed E-state index contributed by atoms with van der Waals surface area (Å²) in [6, 6.07) is 4.48. The molecular weight excluding hydrogens is 292 g/mol. The molecule has 1 amide bonds. The van der Waals surface area contributed by atoms with E-state index in [4.69, 9.17) is 9.47 Å². The van der Waals surface area contributed by atoms with Crippen molar-refractivity contribution < 1.29 is 14.3 Å². The molecule has 1 aromatic rings. The molecule has 4 rings (SSSR count). The van der Waals surface area contributed by atoms with Gasteiger partial charge < -0.3 is 14.4 Å². The van der Waals surface area contributed by atoms with Crippen LogP contribution in [-0.4, -0.2) is 47.2 Å². The monoisotopic (exact) mass is 316 g/mol. The zero-order chi connectivity index (χ0) is 15.6. The quantitative estimate of drug-likeness (QED) is 0.838. The molecule has 0 bridgehead atoms. The van der Waals surface area contributed by atoms with Gasteiger partial charge in [-0.3, -0.25) is 4.79 Å². The van der Waals surface area contributed by atoms with Gasteiger partial charge in [0.1, 0.15) is 6.10 Å². The van der Waals surface area contributed by atoms with Crippen LogP contribution in [0.15, 0.2) is 18.3 Å². The van der Waals surface area contributed by atoms with E-state index in [0.717, 1.165) is 38.7 Å². The largest absolute Gasteiger partial charge is 0.472 e. The summed E-state index contributed by atoms with van der Waals surface area (Å²) in [6.45, 7) is 1.34. The van der Waals surface area contributed by atoms with E-state index in [1.54, 1.807) is 12.3 Å². The number of hydrogen-bond donors (Lipinski definition) is 0. The minimum atomic E-state index is 0.0576. The molecule has 124 valence electrons. The second kappa shape index (κ2) is 6.48. The van der Waals surface area contributed by atoms with Crippen LogP contribution in [-0.2, 0) is 4.74 Å². The first-order chi connectivity index (χ1) is 11.3. The molecule has 3 fully saturated rings. The number of ether oxygens (including phenoxy) is 2. The highest BCUT2D eigenvalue weighted by atomic mass is 16.5. The van der Waals surface area contributed by atoms with Crippen molar-refractivity contribution in [2.24, 2.45) is 0 Å². The molecule has 5 heteroatoms. The lowest BCUT2D eigenvalue weighted by molar-refractivity contribution is 0.0663. The fourth-order valence-electron chi connectivity index (χ4n) is 3.70. The topological polar surface area (TPSA) is 51.7 Å². The summed E-state index contributed by atoms with van der Waals surface area (Å²) in [6.07, 6.45) is 9.70. The second-order valence-electron chi connectivity index (χ2n) is 6.87. The highest BCUT2D eigenvalue weighted by Gasteiger charge is 2.38. The van der Waals surface area contributed by atoms with Crippen molar-refractivity contribution in [2.45, 2.75) is 63.1 Å². The van der Waals surface area contributed by atoms with E-state index in [1.807, 2.05) is 6.07 Å². The Morgan fingerprint density at radius 1 is 1.17 bits per heavy atom. The number of rotatable bonds is 5. The maximum Gasteiger partial charge on any atom is 0.254 e. The fraction of sp³-hybridized carbons (Fsp3) is 0.667. The van der Waals surface area contributed by atoms with Gasteiger partial charge in [0.2, 0.25) is 5.88 Å². The molecule has 23 heavy (non-hydrogen) atoms. The van der Waals surface area contributed by atoms with E-state index in [0.29, 0.717) is 30.1 Å². The van der Waals surface area contributed by atoms with E-state index in [2.05, 4.69) is 9.88 Å². The SMILES string of the molecule is O=C(c1ccnc(OC2CCOC2)c1)N(C1CCCC1)C1CC1. The van der Waals surface area contributed by atoms with Gasteiger partial charge in [0.25, 0.3) is 5.91 Å². The van der Waals surface area contributed by atoms with Gasteiger partial charge in [-0.2, -0.15) is 0 Å². The van der Waals surface area contributed by atoms with Gasteiger partial charge in [-0.1, -0.05) is 12.8 Å². The Kier molecular flexibility index (Phi) is 4.21. The van der Waals surface area contributed by atoms with Crippen molar-refractivity contribution in [1.82, 2.24) is 9.88 Å². The van der Waals surface area contributed by atoms with Gasteiger partial charge in [-0.05, 0) is 31.7 Å². The minimum Gasteiger partial charge on any atom is -0.472 e. The highest BCUT2D eigenvalue weighted by Crippen LogP contribution is 2.35. The lowest BCUT2D eigenvalue weighted by Gasteiger charge is -2.29. The molecule has 1 atom stereocenters. The molecule has 2 heterocycles. The second-order valence-corrected chi connectivity index (χ2v) is 6.87. The zero-order valence-corrected chi connectivity index (χ0v) is 13.4. The number of aromatic nitrogens is 1. The minimum absolute atomic E-state index is 0.0576. The molecule has 5 nitrogen and oxygen atoms in total. The van der Waals surface area contributed by atoms with Crippen LogP contribution in [0.5, 0.6) is 5.88 Å². The van der Waals surface area contributed by atoms with Gasteiger partial charge in [0, 0.05) is 36.3 Å². The molecule has 0 aromatic carbocycles. The Morgan fingerprint density at radius 2 is 1.96 bits per heavy atom. The predicted octanol–water partition coefficient (Wildman–Crippen LogP) is 2.80. The van der Waals surface area contributed by atoms with Gasteiger partial charge in [0.15, 0.2) is 0 Å². The van der Waals surface area contributed by atoms with Crippen LogP contribution in [0, 0.1) is 0 Å². The molecule has 0 radical (unpaired) electrons. The van der Waals surface area contributed by atoms with Gasteiger partial charge in [-0.15, -0.1) is 0 Å². The Hall–Kier alpha value is -1.62. The van der Waals surface area contributed by atoms with Crippen LogP contribution >= 0.6 is 0 Å². The predicted molar refractivity (Wildman–Crippen MR) is 85.5 cm³/mol. The average molecular weight is 316 g/mol. The zero-order valence-electron chi connectivity index (χ0n) is 13.4. The molecule has 3 aliphatic rings. The van der Waals surface area contributed by atoms with Gasteiger partial charge in [-0.25, -0.2) is 4.98 Å². The summed E-state index contributed by atoms with van der Waals surface area (Å²) in [5.41, 5.74) is 0.702. The number of amides is 1. The van der Waals surface area contributed by atoms with Crippen LogP contribution in [0.25, 0.3) is 0 Å². The smallest absolute Gasteiger partial charge is 0.254 e. The third kappa shape index (κ3) is 3.34. The highest BCUT2D eigenvalue weighted by molar-refractivity contribution is 5.95. The summed E-state index contributed by atoms with van der Waals surface area (Å²) >= 11 is 0. The number of carbonyl (C=O) groups excluding carboxylic acids is 1. The van der Waals surface area contributed by atoms with E-state index >= 15 is 0 Å². The molecule has 2 aliphatic carbocycles. The third-order valence-electron chi connectivity index (χ3n) is 5.05. The summed E-state index contributed by atoms with van der Waals surface area (Å²) < 4.78 is 11.2. The Bertz CT molecular complexity index is 561. The van der Waals surface area contributed by atoms with Gasteiger partial charge >= 0.3 is 0 Å². The fourth-order valence-corrected chi connectivity index (χ4v) is 3.70. The van der Waals surface area contributed by atoms with E-state index in [1.165, 1.54) is 12.8 Å². The first-order valence-corrected chi connectivity index (χ1v) is 8.84. The van der Waals surface area contributed by atoms with Crippen LogP contribution in [0.1, 0.15) is 55.3 Å². The molecule has 1 aliphatic heterocycles. The summed E-state index contributed by atoms with van der Waals surface area (Å²) in [7, 11) is 0. The average Bonchev–Trinajstić information content (AvgIpc) is 3.02. The van der Waals surface area contributed by atoms with Crippen LogP contribution in [0.2, 0.25) is 0 Å². The summed E-state index contributed by atoms with van der Waals surface area (Å²) in [5, 5.41) is 0. The van der Waals surface area contributed by atoms with Crippen molar-refractivity contribution in [2.75, 3.05) is 13.2 Å². The Morgan fingerprint density at radius 3 is 2.65 bits per heavy atom. The molecular formula is C18H24N2O3. The Balaban J connectivity index is 1.50. The van der Waals surface area contributed by atoms with Crippen LogP contribution in [0.4, 0.5) is 0 Å². The van der Waals surface area contributed by atoms with E-state index in [9.17, 15) is 4.79 Å². The number of hydrogen-bond acceptors (Lipinski definition) is 4. The number of nitrogens with zero attached hydrogens (tertiary/aromatic N) is 2. The summed E-state index contributed by atoms with van der Waals surface area (Å²) in [4.78, 5) is 19.4. The molecule has 2 saturated carbocycles. The maximum atomic E-state index is 13.0. The standard InChI is InChI=1S/C18H24N2O3/c21-18(20(15-5-6-15)14-3-1-2-4-14)13-7-9-19-17(11-13)23-16-8-10-22-12-16/h7,9,11,14-16H,1-6,8,10,12H2. The van der Waals surface area contributed by atoms with Crippen molar-refractivity contribution in [3.8, 4) is 5.88 Å². The molecule has 0 N–H and O–H groups in total. The van der Waals surface area contributed by atoms with Gasteiger partial charge in [0.05, 0.1) is 13.2 Å². The lowest BCUT2D eigenvalue weighted by atomic mass is 10.1. The van der Waals surface area contributed by atoms with Crippen molar-refractivity contribution in [3.63, 3.8) is 0 Å². The van der Waals surface area contributed by atoms with Crippen molar-refractivity contribution in [3.05, 3.63) is 23.9 Å². The normalized spacial score (nSPS) is 24.8. The first kappa shape index (κ1) is 14.9. The maximum absolute atomic E-state index is 13.0. The van der Waals surface area contributed by atoms with Crippen molar-refractivity contribution >= 4 is 5.91 Å². The van der Waals surface area contributed by atoms with Crippen LogP contribution < -0.4 is 4.74 Å². The first-order valence-electron chi connectivity index (χ1n) is 8.84. The molecule has 1 aromatic heterocycles. The lowest BCUT2D eigenvalue weighted by Crippen LogP contribution is -2.40. The van der Waals surface area contributed by atoms with E-state index in [-0.39, 0.29) is 12.0 Å². The third-order valence-corrected chi connectivity index (χ3v) is 5.05. The molecule has 1 saturated heterocycles. The molecule has 1 unspecified atom stereocenters. The van der Waals surface area contributed by atoms with Crippen molar-refractivity contribution in [1.29, 1.82) is 0 Å². The summed E-state index contributed by atoms with van der Waals surface area (Å²) in [5.74, 6) is 0.683. The molecule has 0 spiro atoms. The Labute approximate surface area is 137 Å².